The number of aromatic nitrogens is 2. The molecule has 0 saturated heterocycles. The van der Waals surface area contributed by atoms with E-state index in [1.807, 2.05) is 10.9 Å². The van der Waals surface area contributed by atoms with Crippen molar-refractivity contribution in [3.05, 3.63) is 18.0 Å². The first-order valence-corrected chi connectivity index (χ1v) is 8.13. The molecule has 6 nitrogen and oxygen atoms in total. The molecule has 1 saturated carbocycles. The van der Waals surface area contributed by atoms with Crippen molar-refractivity contribution in [3.63, 3.8) is 0 Å². The predicted molar refractivity (Wildman–Crippen MR) is 85.4 cm³/mol. The smallest absolute Gasteiger partial charge is 0.315 e. The summed E-state index contributed by atoms with van der Waals surface area (Å²) >= 11 is 0. The first kappa shape index (κ1) is 16.8. The molecule has 2 amide bonds. The van der Waals surface area contributed by atoms with E-state index >= 15 is 0 Å². The number of carbonyl (C=O) groups is 1. The van der Waals surface area contributed by atoms with Gasteiger partial charge in [0.2, 0.25) is 0 Å². The molecule has 0 bridgehead atoms. The van der Waals surface area contributed by atoms with Gasteiger partial charge in [0.05, 0.1) is 19.3 Å². The molecule has 1 aromatic rings. The number of urea groups is 1. The number of hydrogen-bond donors (Lipinski definition) is 2. The number of hydrogen-bond acceptors (Lipinski definition) is 3. The van der Waals surface area contributed by atoms with Crippen molar-refractivity contribution in [2.24, 2.45) is 11.8 Å². The largest absolute Gasteiger partial charge is 0.383 e. The van der Waals surface area contributed by atoms with Gasteiger partial charge in [0.15, 0.2) is 0 Å². The molecule has 1 fully saturated rings. The van der Waals surface area contributed by atoms with Gasteiger partial charge in [-0.15, -0.1) is 0 Å². The molecule has 0 aliphatic heterocycles. The zero-order valence-corrected chi connectivity index (χ0v) is 13.8. The molecular weight excluding hydrogens is 280 g/mol. The second-order valence-corrected chi connectivity index (χ2v) is 6.43. The Bertz CT molecular complexity index is 474. The van der Waals surface area contributed by atoms with Crippen LogP contribution in [0.3, 0.4) is 0 Å². The third-order valence-electron chi connectivity index (χ3n) is 4.41. The number of methoxy groups -OCH3 is 1. The number of nitrogens with zero attached hydrogens (tertiary/aromatic N) is 2. The lowest BCUT2D eigenvalue weighted by atomic mass is 9.80. The normalized spacial score (nSPS) is 25.0. The molecule has 6 heteroatoms. The SMILES string of the molecule is COCCn1cc(CNC(=O)N[C@@H]2CC[C@@H](C)C[C@@H]2C)cn1. The van der Waals surface area contributed by atoms with Gasteiger partial charge in [-0.2, -0.15) is 5.10 Å². The third kappa shape index (κ3) is 5.02. The van der Waals surface area contributed by atoms with E-state index in [0.717, 1.165) is 24.4 Å². The lowest BCUT2D eigenvalue weighted by Crippen LogP contribution is -2.46. The van der Waals surface area contributed by atoms with Gasteiger partial charge in [-0.25, -0.2) is 4.79 Å². The average molecular weight is 308 g/mol. The van der Waals surface area contributed by atoms with E-state index in [2.05, 4.69) is 29.6 Å². The van der Waals surface area contributed by atoms with Gasteiger partial charge < -0.3 is 15.4 Å². The molecule has 0 radical (unpaired) electrons. The van der Waals surface area contributed by atoms with Crippen LogP contribution in [0.15, 0.2) is 12.4 Å². The number of rotatable bonds is 6. The van der Waals surface area contributed by atoms with Crippen molar-refractivity contribution in [1.29, 1.82) is 0 Å². The molecular formula is C16H28N4O2. The Labute approximate surface area is 132 Å². The third-order valence-corrected chi connectivity index (χ3v) is 4.41. The Morgan fingerprint density at radius 3 is 3.00 bits per heavy atom. The summed E-state index contributed by atoms with van der Waals surface area (Å²) in [6, 6.07) is 0.205. The van der Waals surface area contributed by atoms with Crippen LogP contribution in [0, 0.1) is 11.8 Å². The van der Waals surface area contributed by atoms with E-state index < -0.39 is 0 Å². The molecule has 3 atom stereocenters. The van der Waals surface area contributed by atoms with Crippen LogP contribution in [0.2, 0.25) is 0 Å². The number of amides is 2. The topological polar surface area (TPSA) is 68.2 Å². The van der Waals surface area contributed by atoms with Crippen LogP contribution in [0.25, 0.3) is 0 Å². The molecule has 0 spiro atoms. The Morgan fingerprint density at radius 2 is 2.27 bits per heavy atom. The maximum atomic E-state index is 12.0. The van der Waals surface area contributed by atoms with Gasteiger partial charge in [-0.05, 0) is 31.1 Å². The fourth-order valence-electron chi connectivity index (χ4n) is 3.09. The van der Waals surface area contributed by atoms with Gasteiger partial charge in [0.25, 0.3) is 0 Å². The summed E-state index contributed by atoms with van der Waals surface area (Å²) in [5.74, 6) is 1.32. The molecule has 2 rings (SSSR count). The van der Waals surface area contributed by atoms with Crippen LogP contribution >= 0.6 is 0 Å². The summed E-state index contributed by atoms with van der Waals surface area (Å²) in [6.07, 6.45) is 7.18. The Balaban J connectivity index is 1.72. The highest BCUT2D eigenvalue weighted by Crippen LogP contribution is 2.28. The summed E-state index contributed by atoms with van der Waals surface area (Å²) in [6.45, 7) is 6.36. The van der Waals surface area contributed by atoms with Crippen molar-refractivity contribution in [2.45, 2.75) is 52.2 Å². The number of ether oxygens (including phenoxy) is 1. The second kappa shape index (κ2) is 8.17. The first-order chi connectivity index (χ1) is 10.6. The summed E-state index contributed by atoms with van der Waals surface area (Å²) < 4.78 is 6.84. The van der Waals surface area contributed by atoms with Crippen LogP contribution in [-0.4, -0.2) is 35.6 Å². The molecule has 0 unspecified atom stereocenters. The van der Waals surface area contributed by atoms with E-state index in [1.165, 1.54) is 12.8 Å². The first-order valence-electron chi connectivity index (χ1n) is 8.13. The highest BCUT2D eigenvalue weighted by Gasteiger charge is 2.26. The monoisotopic (exact) mass is 308 g/mol. The minimum Gasteiger partial charge on any atom is -0.383 e. The lowest BCUT2D eigenvalue weighted by molar-refractivity contribution is 0.183. The maximum Gasteiger partial charge on any atom is 0.315 e. The van der Waals surface area contributed by atoms with E-state index in [4.69, 9.17) is 4.74 Å². The standard InChI is InChI=1S/C16H28N4O2/c1-12-4-5-15(13(2)8-12)19-16(21)17-9-14-10-18-20(11-14)6-7-22-3/h10-13,15H,4-9H2,1-3H3,(H2,17,19,21)/t12-,13+,15-/m1/s1. The van der Waals surface area contributed by atoms with Crippen LogP contribution in [0.1, 0.15) is 38.7 Å². The second-order valence-electron chi connectivity index (χ2n) is 6.43. The van der Waals surface area contributed by atoms with Crippen molar-refractivity contribution >= 4 is 6.03 Å². The zero-order chi connectivity index (χ0) is 15.9. The summed E-state index contributed by atoms with van der Waals surface area (Å²) in [5, 5.41) is 10.2. The van der Waals surface area contributed by atoms with E-state index in [0.29, 0.717) is 25.1 Å². The highest BCUT2D eigenvalue weighted by atomic mass is 16.5. The summed E-state index contributed by atoms with van der Waals surface area (Å²) in [7, 11) is 1.67. The average Bonchev–Trinajstić information content (AvgIpc) is 2.94. The molecule has 1 aliphatic carbocycles. The molecule has 0 aromatic carbocycles. The highest BCUT2D eigenvalue weighted by molar-refractivity contribution is 5.74. The quantitative estimate of drug-likeness (QED) is 0.846. The Kier molecular flexibility index (Phi) is 6.24. The molecule has 124 valence electrons. The van der Waals surface area contributed by atoms with E-state index in [-0.39, 0.29) is 6.03 Å². The lowest BCUT2D eigenvalue weighted by Gasteiger charge is -2.33. The number of carbonyl (C=O) groups excluding carboxylic acids is 1. The van der Waals surface area contributed by atoms with Crippen molar-refractivity contribution in [1.82, 2.24) is 20.4 Å². The summed E-state index contributed by atoms with van der Waals surface area (Å²) in [5.41, 5.74) is 0.997. The van der Waals surface area contributed by atoms with Gasteiger partial charge in [-0.3, -0.25) is 4.68 Å². The van der Waals surface area contributed by atoms with Crippen molar-refractivity contribution in [2.75, 3.05) is 13.7 Å². The predicted octanol–water partition coefficient (Wildman–Crippen LogP) is 2.15. The van der Waals surface area contributed by atoms with Gasteiger partial charge in [0, 0.05) is 31.5 Å². The molecule has 1 heterocycles. The van der Waals surface area contributed by atoms with Gasteiger partial charge in [0.1, 0.15) is 0 Å². The fraction of sp³-hybridized carbons (Fsp3) is 0.750. The number of nitrogens with one attached hydrogen (secondary N) is 2. The summed E-state index contributed by atoms with van der Waals surface area (Å²) in [4.78, 5) is 12.0. The molecule has 22 heavy (non-hydrogen) atoms. The van der Waals surface area contributed by atoms with Crippen LogP contribution in [0.4, 0.5) is 4.79 Å². The van der Waals surface area contributed by atoms with Crippen LogP contribution < -0.4 is 10.6 Å². The fourth-order valence-corrected chi connectivity index (χ4v) is 3.09. The van der Waals surface area contributed by atoms with E-state index in [9.17, 15) is 4.79 Å². The van der Waals surface area contributed by atoms with Crippen LogP contribution in [-0.2, 0) is 17.8 Å². The van der Waals surface area contributed by atoms with Gasteiger partial charge >= 0.3 is 6.03 Å². The maximum absolute atomic E-state index is 12.0. The van der Waals surface area contributed by atoms with Gasteiger partial charge in [-0.1, -0.05) is 13.8 Å². The minimum absolute atomic E-state index is 0.0870. The van der Waals surface area contributed by atoms with Crippen LogP contribution in [0.5, 0.6) is 0 Å². The Hall–Kier alpha value is -1.56. The van der Waals surface area contributed by atoms with Crippen molar-refractivity contribution < 1.29 is 9.53 Å². The minimum atomic E-state index is -0.0870. The van der Waals surface area contributed by atoms with Crippen molar-refractivity contribution in [3.8, 4) is 0 Å². The zero-order valence-electron chi connectivity index (χ0n) is 13.8. The Morgan fingerprint density at radius 1 is 1.45 bits per heavy atom. The van der Waals surface area contributed by atoms with E-state index in [1.54, 1.807) is 13.3 Å². The molecule has 1 aromatic heterocycles. The molecule has 1 aliphatic rings. The molecule has 2 N–H and O–H groups in total.